The highest BCUT2D eigenvalue weighted by Crippen LogP contribution is 2.46. The Kier molecular flexibility index (Phi) is 11.1. The first-order valence-electron chi connectivity index (χ1n) is 19.2. The second kappa shape index (κ2) is 15.7. The van der Waals surface area contributed by atoms with Crippen molar-refractivity contribution in [3.63, 3.8) is 0 Å². The first-order valence-corrected chi connectivity index (χ1v) is 21.9. The Morgan fingerprint density at radius 3 is 2.57 bits per heavy atom. The minimum absolute atomic E-state index is 0.00300. The zero-order valence-electron chi connectivity index (χ0n) is 32.1. The predicted molar refractivity (Wildman–Crippen MR) is 214 cm³/mol. The maximum Gasteiger partial charge on any atom is 0.408 e. The first-order chi connectivity index (χ1) is 26.6. The average Bonchev–Trinajstić information content (AvgIpc) is 4.06. The van der Waals surface area contributed by atoms with Gasteiger partial charge in [0.1, 0.15) is 35.1 Å². The van der Waals surface area contributed by atoms with Gasteiger partial charge in [-0.25, -0.2) is 18.2 Å². The van der Waals surface area contributed by atoms with Crippen molar-refractivity contribution < 1.29 is 37.1 Å². The van der Waals surface area contributed by atoms with Crippen molar-refractivity contribution in [2.45, 2.75) is 101 Å². The van der Waals surface area contributed by atoms with Crippen LogP contribution < -0.4 is 20.1 Å². The van der Waals surface area contributed by atoms with Crippen LogP contribution in [0.25, 0.3) is 22.2 Å². The second-order valence-corrected chi connectivity index (χ2v) is 19.3. The fourth-order valence-electron chi connectivity index (χ4n) is 7.27. The maximum atomic E-state index is 14.6. The second-order valence-electron chi connectivity index (χ2n) is 16.2. The zero-order valence-corrected chi connectivity index (χ0v) is 33.7. The summed E-state index contributed by atoms with van der Waals surface area (Å²) in [6.07, 6.45) is 5.04. The van der Waals surface area contributed by atoms with Gasteiger partial charge in [0.15, 0.2) is 0 Å². The molecule has 2 saturated carbocycles. The average molecular weight is 804 g/mol. The minimum Gasteiger partial charge on any atom is -0.488 e. The quantitative estimate of drug-likeness (QED) is 0.276. The van der Waals surface area contributed by atoms with Gasteiger partial charge in [-0.05, 0) is 83.2 Å². The van der Waals surface area contributed by atoms with Gasteiger partial charge >= 0.3 is 6.09 Å². The Morgan fingerprint density at radius 1 is 1.07 bits per heavy atom. The molecule has 2 aromatic carbocycles. The number of pyridine rings is 1. The van der Waals surface area contributed by atoms with Gasteiger partial charge in [-0.15, -0.1) is 0 Å². The number of hydrogen-bond acceptors (Lipinski definition) is 10. The van der Waals surface area contributed by atoms with E-state index >= 15 is 0 Å². The number of aryl methyl sites for hydroxylation is 1. The SMILES string of the molecule is Cc1ccc2c(O[C@@H]3C[C@H]4C(=O)N[C@]5(C(=O)NS(=O)(=O)C6CC6)CC5/C=C\CCCSC[C@H](NC(=O)OC(C)(C)C)C(=O)N4C3)cc(-c3ccccc3)nc2c1. The van der Waals surface area contributed by atoms with Gasteiger partial charge in [0.05, 0.1) is 23.0 Å². The number of thioether (sulfide) groups is 1. The molecule has 2 aliphatic heterocycles. The van der Waals surface area contributed by atoms with Crippen LogP contribution in [-0.2, 0) is 29.1 Å². The molecular weight excluding hydrogens is 755 g/mol. The number of amides is 4. The van der Waals surface area contributed by atoms with Crippen LogP contribution in [0.15, 0.2) is 66.7 Å². The predicted octanol–water partition coefficient (Wildman–Crippen LogP) is 5.02. The topological polar surface area (TPSA) is 173 Å². The number of hydrogen-bond donors (Lipinski definition) is 3. The summed E-state index contributed by atoms with van der Waals surface area (Å²) in [5.74, 6) is -0.871. The van der Waals surface area contributed by atoms with Gasteiger partial charge in [-0.1, -0.05) is 48.6 Å². The normalized spacial score (nSPS) is 26.5. The van der Waals surface area contributed by atoms with Crippen LogP contribution >= 0.6 is 11.8 Å². The largest absolute Gasteiger partial charge is 0.488 e. The Balaban J connectivity index is 1.22. The molecule has 4 aliphatic rings. The molecule has 56 heavy (non-hydrogen) atoms. The number of sulfonamides is 1. The highest BCUT2D eigenvalue weighted by molar-refractivity contribution is 7.99. The van der Waals surface area contributed by atoms with Crippen molar-refractivity contribution in [3.8, 4) is 17.0 Å². The van der Waals surface area contributed by atoms with Crippen molar-refractivity contribution in [2.24, 2.45) is 5.92 Å². The number of rotatable bonds is 7. The molecular formula is C41H49N5O8S2. The summed E-state index contributed by atoms with van der Waals surface area (Å²) in [6.45, 7) is 7.18. The van der Waals surface area contributed by atoms with Gasteiger partial charge in [0.2, 0.25) is 21.8 Å². The van der Waals surface area contributed by atoms with Crippen molar-refractivity contribution in [1.82, 2.24) is 25.2 Å². The summed E-state index contributed by atoms with van der Waals surface area (Å²) in [4.78, 5) is 62.3. The van der Waals surface area contributed by atoms with Crippen molar-refractivity contribution in [1.29, 1.82) is 0 Å². The van der Waals surface area contributed by atoms with Gasteiger partial charge < -0.3 is 25.0 Å². The van der Waals surface area contributed by atoms with Crippen LogP contribution in [0.2, 0.25) is 0 Å². The maximum absolute atomic E-state index is 14.6. The molecule has 3 aromatic rings. The van der Waals surface area contributed by atoms with Crippen LogP contribution in [0.5, 0.6) is 5.75 Å². The zero-order chi connectivity index (χ0) is 39.8. The Bertz CT molecular complexity index is 2150. The fourth-order valence-corrected chi connectivity index (χ4v) is 9.63. The molecule has 15 heteroatoms. The van der Waals surface area contributed by atoms with E-state index in [1.54, 1.807) is 20.8 Å². The lowest BCUT2D eigenvalue weighted by Crippen LogP contribution is -2.58. The summed E-state index contributed by atoms with van der Waals surface area (Å²) in [7, 11) is -3.90. The molecule has 1 aromatic heterocycles. The Labute approximate surface area is 331 Å². The summed E-state index contributed by atoms with van der Waals surface area (Å²) in [6, 6.07) is 15.3. The number of aromatic nitrogens is 1. The number of fused-ring (bicyclic) bond motifs is 3. The number of allylic oxidation sites excluding steroid dienone is 1. The third-order valence-electron chi connectivity index (χ3n) is 10.4. The van der Waals surface area contributed by atoms with E-state index in [0.29, 0.717) is 36.5 Å². The van der Waals surface area contributed by atoms with E-state index in [9.17, 15) is 27.6 Å². The molecule has 0 bridgehead atoms. The third kappa shape index (κ3) is 8.99. The number of carbonyl (C=O) groups is 4. The number of nitrogens with zero attached hydrogens (tertiary/aromatic N) is 2. The van der Waals surface area contributed by atoms with Gasteiger partial charge in [-0.2, -0.15) is 11.8 Å². The van der Waals surface area contributed by atoms with E-state index in [2.05, 4.69) is 15.4 Å². The smallest absolute Gasteiger partial charge is 0.408 e. The van der Waals surface area contributed by atoms with Crippen LogP contribution in [-0.4, -0.2) is 94.7 Å². The van der Waals surface area contributed by atoms with Gasteiger partial charge in [-0.3, -0.25) is 19.1 Å². The summed E-state index contributed by atoms with van der Waals surface area (Å²) in [5.41, 5.74) is 1.02. The van der Waals surface area contributed by atoms with E-state index in [1.165, 1.54) is 16.7 Å². The summed E-state index contributed by atoms with van der Waals surface area (Å²) in [5, 5.41) is 5.79. The van der Waals surface area contributed by atoms with E-state index in [4.69, 9.17) is 14.5 Å². The van der Waals surface area contributed by atoms with E-state index in [-0.39, 0.29) is 25.1 Å². The van der Waals surface area contributed by atoms with Crippen molar-refractivity contribution in [2.75, 3.05) is 18.1 Å². The molecule has 2 aliphatic carbocycles. The molecule has 1 saturated heterocycles. The van der Waals surface area contributed by atoms with Crippen LogP contribution in [0.1, 0.15) is 64.9 Å². The Hall–Kier alpha value is -4.63. The summed E-state index contributed by atoms with van der Waals surface area (Å²) < 4.78 is 40.2. The lowest BCUT2D eigenvalue weighted by Gasteiger charge is -2.30. The number of benzene rings is 2. The van der Waals surface area contributed by atoms with Gasteiger partial charge in [0.25, 0.3) is 5.91 Å². The molecule has 5 atom stereocenters. The molecule has 3 N–H and O–H groups in total. The standard InChI is InChI=1S/C41H49N5O8S2/c1-25-14-17-30-32(19-25)42-31(26-11-7-5-8-12-26)21-35(30)53-28-20-34-36(47)44-41(38(49)45-56(51,52)29-15-16-29)22-27(41)13-9-6-10-18-55-24-33(37(48)46(34)23-28)43-39(50)54-40(2,3)4/h5,7-9,11-14,17,19,21,27-29,33-34H,6,10,15-16,18,20,22-24H2,1-4H3,(H,43,50)(H,44,47)(H,45,49)/b13-9-/t27?,28-,33+,34+,41-/m1/s1. The molecule has 0 spiro atoms. The van der Waals surface area contributed by atoms with Crippen molar-refractivity contribution in [3.05, 3.63) is 72.3 Å². The molecule has 298 valence electrons. The molecule has 3 fully saturated rings. The molecule has 3 heterocycles. The van der Waals surface area contributed by atoms with E-state index in [0.717, 1.165) is 28.5 Å². The summed E-state index contributed by atoms with van der Waals surface area (Å²) >= 11 is 1.51. The fraction of sp³-hybridized carbons (Fsp3) is 0.488. The van der Waals surface area contributed by atoms with Crippen LogP contribution in [0.3, 0.4) is 0 Å². The number of ether oxygens (including phenoxy) is 2. The van der Waals surface area contributed by atoms with Crippen LogP contribution in [0.4, 0.5) is 4.79 Å². The van der Waals surface area contributed by atoms with Crippen LogP contribution in [0, 0.1) is 12.8 Å². The molecule has 13 nitrogen and oxygen atoms in total. The van der Waals surface area contributed by atoms with Gasteiger partial charge in [0, 0.05) is 35.1 Å². The highest BCUT2D eigenvalue weighted by Gasteiger charge is 2.62. The number of nitrogens with one attached hydrogen (secondary N) is 3. The number of alkyl carbamates (subject to hydrolysis) is 1. The van der Waals surface area contributed by atoms with E-state index in [1.807, 2.05) is 73.7 Å². The highest BCUT2D eigenvalue weighted by atomic mass is 32.2. The first kappa shape index (κ1) is 39.6. The monoisotopic (exact) mass is 803 g/mol. The molecule has 7 rings (SSSR count). The Morgan fingerprint density at radius 2 is 1.84 bits per heavy atom. The third-order valence-corrected chi connectivity index (χ3v) is 13.4. The minimum atomic E-state index is -3.90. The lowest BCUT2D eigenvalue weighted by molar-refractivity contribution is -0.140. The van der Waals surface area contributed by atoms with E-state index < -0.39 is 74.3 Å². The molecule has 4 amide bonds. The number of carbonyl (C=O) groups excluding carboxylic acids is 4. The van der Waals surface area contributed by atoms with Crippen molar-refractivity contribution >= 4 is 56.5 Å². The lowest BCUT2D eigenvalue weighted by atomic mass is 10.1. The molecule has 1 unspecified atom stereocenters. The molecule has 0 radical (unpaired) electrons.